The number of imide groups is 1. The van der Waals surface area contributed by atoms with E-state index in [1.807, 2.05) is 0 Å². The fourth-order valence-electron chi connectivity index (χ4n) is 3.81. The SMILES string of the molecule is COc1cccc(/C=C2/SC(=O)N(CC(=O)N3CCCC3)C2=O)c1OCC(=O)Nc1ccc(F)cc1. The minimum atomic E-state index is -0.569. The van der Waals surface area contributed by atoms with Crippen molar-refractivity contribution in [3.05, 3.63) is 58.8 Å². The minimum absolute atomic E-state index is 0.128. The number of hydrogen-bond donors (Lipinski definition) is 1. The number of para-hydroxylation sites is 1. The molecule has 4 amide bonds. The van der Waals surface area contributed by atoms with Gasteiger partial charge in [-0.25, -0.2) is 4.39 Å². The number of methoxy groups -OCH3 is 1. The first-order valence-corrected chi connectivity index (χ1v) is 12.1. The Bertz CT molecular complexity index is 1210. The number of thioether (sulfide) groups is 1. The zero-order valence-corrected chi connectivity index (χ0v) is 20.3. The van der Waals surface area contributed by atoms with Crippen LogP contribution < -0.4 is 14.8 Å². The number of hydrogen-bond acceptors (Lipinski definition) is 7. The quantitative estimate of drug-likeness (QED) is 0.539. The van der Waals surface area contributed by atoms with E-state index in [2.05, 4.69) is 5.32 Å². The molecule has 36 heavy (non-hydrogen) atoms. The Kier molecular flexibility index (Phi) is 7.89. The maximum absolute atomic E-state index is 13.1. The highest BCUT2D eigenvalue weighted by Crippen LogP contribution is 2.37. The Morgan fingerprint density at radius 2 is 1.83 bits per heavy atom. The Morgan fingerprint density at radius 1 is 1.11 bits per heavy atom. The van der Waals surface area contributed by atoms with Gasteiger partial charge < -0.3 is 19.7 Å². The summed E-state index contributed by atoms with van der Waals surface area (Å²) in [5.41, 5.74) is 0.822. The number of likely N-dealkylation sites (tertiary alicyclic amines) is 1. The number of amides is 4. The Labute approximate surface area is 211 Å². The topological polar surface area (TPSA) is 105 Å². The van der Waals surface area contributed by atoms with Crippen LogP contribution >= 0.6 is 11.8 Å². The smallest absolute Gasteiger partial charge is 0.294 e. The van der Waals surface area contributed by atoms with Crippen LogP contribution in [-0.4, -0.2) is 66.1 Å². The molecule has 2 aliphatic rings. The van der Waals surface area contributed by atoms with Crippen molar-refractivity contribution in [1.82, 2.24) is 9.80 Å². The van der Waals surface area contributed by atoms with Crippen molar-refractivity contribution in [3.63, 3.8) is 0 Å². The molecule has 11 heteroatoms. The van der Waals surface area contributed by atoms with E-state index >= 15 is 0 Å². The number of anilines is 1. The van der Waals surface area contributed by atoms with Gasteiger partial charge >= 0.3 is 0 Å². The summed E-state index contributed by atoms with van der Waals surface area (Å²) < 4.78 is 24.1. The molecule has 0 radical (unpaired) electrons. The lowest BCUT2D eigenvalue weighted by atomic mass is 10.1. The number of nitrogens with one attached hydrogen (secondary N) is 1. The lowest BCUT2D eigenvalue weighted by Gasteiger charge is -2.18. The minimum Gasteiger partial charge on any atom is -0.493 e. The second-order valence-electron chi connectivity index (χ2n) is 8.08. The summed E-state index contributed by atoms with van der Waals surface area (Å²) in [7, 11) is 1.43. The highest BCUT2D eigenvalue weighted by atomic mass is 32.2. The molecule has 1 N–H and O–H groups in total. The maximum atomic E-state index is 13.1. The zero-order chi connectivity index (χ0) is 25.7. The number of rotatable bonds is 8. The van der Waals surface area contributed by atoms with Crippen LogP contribution in [0.2, 0.25) is 0 Å². The fraction of sp³-hybridized carbons (Fsp3) is 0.280. The Balaban J connectivity index is 1.47. The van der Waals surface area contributed by atoms with Gasteiger partial charge in [-0.3, -0.25) is 24.1 Å². The molecule has 2 fully saturated rings. The molecule has 0 aromatic heterocycles. The van der Waals surface area contributed by atoms with Crippen molar-refractivity contribution >= 4 is 46.5 Å². The molecular weight excluding hydrogens is 489 g/mol. The highest BCUT2D eigenvalue weighted by molar-refractivity contribution is 8.18. The van der Waals surface area contributed by atoms with Crippen molar-refractivity contribution in [1.29, 1.82) is 0 Å². The summed E-state index contributed by atoms with van der Waals surface area (Å²) in [6.07, 6.45) is 3.29. The van der Waals surface area contributed by atoms with Crippen molar-refractivity contribution in [2.24, 2.45) is 0 Å². The predicted octanol–water partition coefficient (Wildman–Crippen LogP) is 3.51. The molecule has 0 spiro atoms. The second kappa shape index (κ2) is 11.3. The molecule has 0 aliphatic carbocycles. The van der Waals surface area contributed by atoms with Crippen LogP contribution in [0.5, 0.6) is 11.5 Å². The summed E-state index contributed by atoms with van der Waals surface area (Å²) in [4.78, 5) is 52.9. The van der Waals surface area contributed by atoms with Gasteiger partial charge in [-0.1, -0.05) is 12.1 Å². The van der Waals surface area contributed by atoms with Crippen molar-refractivity contribution in [3.8, 4) is 11.5 Å². The van der Waals surface area contributed by atoms with Gasteiger partial charge in [-0.05, 0) is 61.0 Å². The van der Waals surface area contributed by atoms with E-state index in [-0.39, 0.29) is 29.7 Å². The number of carbonyl (C=O) groups excluding carboxylic acids is 4. The van der Waals surface area contributed by atoms with Crippen LogP contribution in [0, 0.1) is 5.82 Å². The number of ether oxygens (including phenoxy) is 2. The summed E-state index contributed by atoms with van der Waals surface area (Å²) in [6.45, 7) is 0.575. The standard InChI is InChI=1S/C25H24FN3O6S/c1-34-19-6-4-5-16(23(19)35-15-21(30)27-18-9-7-17(26)8-10-18)13-20-24(32)29(25(33)36-20)14-22(31)28-11-2-3-12-28/h4-10,13H,2-3,11-12,14-15H2,1H3,(H,27,30)/b20-13+. The maximum Gasteiger partial charge on any atom is 0.294 e. The molecule has 0 saturated carbocycles. The molecule has 0 bridgehead atoms. The van der Waals surface area contributed by atoms with Gasteiger partial charge in [-0.15, -0.1) is 0 Å². The van der Waals surface area contributed by atoms with Crippen LogP contribution in [-0.2, 0) is 14.4 Å². The molecule has 188 valence electrons. The van der Waals surface area contributed by atoms with E-state index in [1.54, 1.807) is 23.1 Å². The Morgan fingerprint density at radius 3 is 2.53 bits per heavy atom. The molecule has 2 heterocycles. The van der Waals surface area contributed by atoms with E-state index in [0.717, 1.165) is 29.5 Å². The van der Waals surface area contributed by atoms with Crippen molar-refractivity contribution in [2.75, 3.05) is 38.7 Å². The third-order valence-corrected chi connectivity index (χ3v) is 6.52. The summed E-state index contributed by atoms with van der Waals surface area (Å²) in [5, 5.41) is 2.07. The van der Waals surface area contributed by atoms with Crippen LogP contribution in [0.1, 0.15) is 18.4 Å². The average Bonchev–Trinajstić information content (AvgIpc) is 3.49. The van der Waals surface area contributed by atoms with Crippen LogP contribution in [0.3, 0.4) is 0 Å². The van der Waals surface area contributed by atoms with Crippen LogP contribution in [0.4, 0.5) is 14.9 Å². The lowest BCUT2D eigenvalue weighted by molar-refractivity contribution is -0.135. The zero-order valence-electron chi connectivity index (χ0n) is 19.5. The van der Waals surface area contributed by atoms with E-state index in [4.69, 9.17) is 9.47 Å². The van der Waals surface area contributed by atoms with Gasteiger partial charge in [0.2, 0.25) is 5.91 Å². The Hall–Kier alpha value is -3.86. The average molecular weight is 514 g/mol. The van der Waals surface area contributed by atoms with Crippen LogP contribution in [0.15, 0.2) is 47.4 Å². The third-order valence-electron chi connectivity index (χ3n) is 5.62. The molecule has 2 saturated heterocycles. The third kappa shape index (κ3) is 5.85. The van der Waals surface area contributed by atoms with Gasteiger partial charge in [0, 0.05) is 24.3 Å². The largest absolute Gasteiger partial charge is 0.493 e. The molecule has 2 aliphatic heterocycles. The summed E-state index contributed by atoms with van der Waals surface area (Å²) in [5.74, 6) is -1.21. The first-order valence-electron chi connectivity index (χ1n) is 11.2. The lowest BCUT2D eigenvalue weighted by Crippen LogP contribution is -2.40. The van der Waals surface area contributed by atoms with E-state index in [9.17, 15) is 23.6 Å². The van der Waals surface area contributed by atoms with Gasteiger partial charge in [0.1, 0.15) is 12.4 Å². The highest BCUT2D eigenvalue weighted by Gasteiger charge is 2.37. The first kappa shape index (κ1) is 25.2. The van der Waals surface area contributed by atoms with E-state index in [0.29, 0.717) is 30.1 Å². The fourth-order valence-corrected chi connectivity index (χ4v) is 4.64. The molecule has 0 unspecified atom stereocenters. The van der Waals surface area contributed by atoms with Crippen molar-refractivity contribution in [2.45, 2.75) is 12.8 Å². The normalized spacial score (nSPS) is 16.6. The molecule has 9 nitrogen and oxygen atoms in total. The van der Waals surface area contributed by atoms with E-state index < -0.39 is 22.9 Å². The first-order chi connectivity index (χ1) is 17.4. The van der Waals surface area contributed by atoms with Gasteiger partial charge in [0.15, 0.2) is 18.1 Å². The van der Waals surface area contributed by atoms with Gasteiger partial charge in [0.25, 0.3) is 17.1 Å². The van der Waals surface area contributed by atoms with Crippen molar-refractivity contribution < 1.29 is 33.0 Å². The summed E-state index contributed by atoms with van der Waals surface area (Å²) >= 11 is 0.732. The summed E-state index contributed by atoms with van der Waals surface area (Å²) in [6, 6.07) is 10.3. The monoisotopic (exact) mass is 513 g/mol. The van der Waals surface area contributed by atoms with Gasteiger partial charge in [0.05, 0.1) is 12.0 Å². The molecule has 4 rings (SSSR count). The molecule has 0 atom stereocenters. The number of nitrogens with zero attached hydrogens (tertiary/aromatic N) is 2. The molecule has 2 aromatic rings. The van der Waals surface area contributed by atoms with E-state index in [1.165, 1.54) is 37.5 Å². The van der Waals surface area contributed by atoms with Crippen LogP contribution in [0.25, 0.3) is 6.08 Å². The van der Waals surface area contributed by atoms with Gasteiger partial charge in [-0.2, -0.15) is 0 Å². The second-order valence-corrected chi connectivity index (χ2v) is 9.07. The number of benzene rings is 2. The molecular formula is C25H24FN3O6S. The predicted molar refractivity (Wildman–Crippen MR) is 132 cm³/mol. The number of carbonyl (C=O) groups is 4. The molecule has 2 aromatic carbocycles. The number of halogens is 1.